The smallest absolute Gasteiger partial charge is 0.180 e. The number of hydrogen-bond donors (Lipinski definition) is 0. The molecule has 0 spiro atoms. The highest BCUT2D eigenvalue weighted by Crippen LogP contribution is 2.15. The van der Waals surface area contributed by atoms with Crippen molar-refractivity contribution in [3.63, 3.8) is 0 Å². The van der Waals surface area contributed by atoms with Gasteiger partial charge in [0.1, 0.15) is 0 Å². The minimum absolute atomic E-state index is 0.172. The molecule has 0 N–H and O–H groups in total. The van der Waals surface area contributed by atoms with Gasteiger partial charge in [0, 0.05) is 39.3 Å². The summed E-state index contributed by atoms with van der Waals surface area (Å²) < 4.78 is 44.1. The van der Waals surface area contributed by atoms with Crippen molar-refractivity contribution in [1.29, 1.82) is 0 Å². The van der Waals surface area contributed by atoms with Crippen LogP contribution in [0.2, 0.25) is 0 Å². The molecule has 0 saturated heterocycles. The van der Waals surface area contributed by atoms with E-state index in [1.54, 1.807) is 0 Å². The SMILES string of the molecule is CCCCCCOC(C=CCCC(OCCCCCC)OCCCCCC)OC(C=CCCC(OCCCCCC)OCCCCCC)OCCCCCC. The topological polar surface area (TPSA) is 64.6 Å². The first kappa shape index (κ1) is 54.2. The molecule has 55 heavy (non-hydrogen) atoms. The zero-order valence-corrected chi connectivity index (χ0v) is 37.5. The van der Waals surface area contributed by atoms with E-state index in [0.29, 0.717) is 13.2 Å². The van der Waals surface area contributed by atoms with Crippen molar-refractivity contribution >= 4 is 0 Å². The standard InChI is InChI=1S/C48H94O7/c1-7-13-19-29-39-49-45(50-40-30-20-14-8-2)35-25-27-37-47(53-43-33-23-17-11-5)55-48(54-44-34-24-18-12-6)38-28-26-36-46(51-41-31-21-15-9-3)52-42-32-22-16-10-4/h27-28,37-38,45-48H,7-26,29-36,39-44H2,1-6H3. The van der Waals surface area contributed by atoms with Crippen molar-refractivity contribution in [1.82, 2.24) is 0 Å². The van der Waals surface area contributed by atoms with Crippen LogP contribution < -0.4 is 0 Å². The molecule has 0 heterocycles. The van der Waals surface area contributed by atoms with Crippen LogP contribution in [0.15, 0.2) is 24.3 Å². The summed E-state index contributed by atoms with van der Waals surface area (Å²) in [5, 5.41) is 0. The third kappa shape index (κ3) is 39.8. The van der Waals surface area contributed by atoms with Gasteiger partial charge in [0.25, 0.3) is 0 Å². The first-order valence-corrected chi connectivity index (χ1v) is 23.8. The van der Waals surface area contributed by atoms with Gasteiger partial charge in [-0.2, -0.15) is 0 Å². The summed E-state index contributed by atoms with van der Waals surface area (Å²) in [5.74, 6) is 0. The van der Waals surface area contributed by atoms with Crippen molar-refractivity contribution in [2.45, 2.75) is 246 Å². The molecule has 7 heteroatoms. The molecular formula is C48H94O7. The Labute approximate surface area is 342 Å². The van der Waals surface area contributed by atoms with Crippen LogP contribution >= 0.6 is 0 Å². The number of hydrogen-bond acceptors (Lipinski definition) is 7. The van der Waals surface area contributed by atoms with E-state index in [9.17, 15) is 0 Å². The summed E-state index contributed by atoms with van der Waals surface area (Å²) >= 11 is 0. The molecule has 0 saturated carbocycles. The van der Waals surface area contributed by atoms with E-state index in [4.69, 9.17) is 33.2 Å². The zero-order chi connectivity index (χ0) is 40.1. The predicted molar refractivity (Wildman–Crippen MR) is 234 cm³/mol. The molecule has 0 radical (unpaired) electrons. The Bertz CT molecular complexity index is 685. The Balaban J connectivity index is 5.53. The maximum absolute atomic E-state index is 6.54. The second kappa shape index (κ2) is 45.9. The molecule has 0 aromatic carbocycles. The van der Waals surface area contributed by atoms with Crippen molar-refractivity contribution in [3.05, 3.63) is 24.3 Å². The molecule has 0 amide bonds. The highest BCUT2D eigenvalue weighted by atomic mass is 16.8. The highest BCUT2D eigenvalue weighted by molar-refractivity contribution is 4.90. The number of unbranched alkanes of at least 4 members (excludes halogenated alkanes) is 18. The summed E-state index contributed by atoms with van der Waals surface area (Å²) in [7, 11) is 0. The fourth-order valence-corrected chi connectivity index (χ4v) is 6.15. The first-order chi connectivity index (χ1) is 27.1. The van der Waals surface area contributed by atoms with E-state index in [2.05, 4.69) is 65.8 Å². The quantitative estimate of drug-likeness (QED) is 0.0346. The van der Waals surface area contributed by atoms with E-state index in [1.165, 1.54) is 116 Å². The lowest BCUT2D eigenvalue weighted by Crippen LogP contribution is -2.25. The van der Waals surface area contributed by atoms with Crippen molar-refractivity contribution in [2.24, 2.45) is 0 Å². The molecule has 0 aliphatic heterocycles. The molecule has 0 fully saturated rings. The lowest BCUT2D eigenvalue weighted by Gasteiger charge is -2.22. The van der Waals surface area contributed by atoms with Crippen LogP contribution in [0, 0.1) is 0 Å². The normalized spacial score (nSPS) is 13.4. The average molecular weight is 783 g/mol. The second-order valence-corrected chi connectivity index (χ2v) is 15.3. The Morgan fingerprint density at radius 1 is 0.309 bits per heavy atom. The molecular weight excluding hydrogens is 689 g/mol. The fraction of sp³-hybridized carbons (Fsp3) is 0.917. The minimum Gasteiger partial charge on any atom is -0.353 e. The summed E-state index contributed by atoms with van der Waals surface area (Å²) in [6, 6.07) is 0. The van der Waals surface area contributed by atoms with Crippen LogP contribution in [0.25, 0.3) is 0 Å². The third-order valence-electron chi connectivity index (χ3n) is 9.76. The van der Waals surface area contributed by atoms with E-state index in [0.717, 1.165) is 90.6 Å². The molecule has 0 rings (SSSR count). The average Bonchev–Trinajstić information content (AvgIpc) is 3.19. The molecule has 328 valence electrons. The van der Waals surface area contributed by atoms with Gasteiger partial charge in [-0.25, -0.2) is 0 Å². The summed E-state index contributed by atoms with van der Waals surface area (Å²) in [4.78, 5) is 0. The van der Waals surface area contributed by atoms with Crippen molar-refractivity contribution in [3.8, 4) is 0 Å². The molecule has 2 atom stereocenters. The lowest BCUT2D eigenvalue weighted by atomic mass is 10.2. The van der Waals surface area contributed by atoms with Crippen molar-refractivity contribution < 1.29 is 33.2 Å². The largest absolute Gasteiger partial charge is 0.353 e. The van der Waals surface area contributed by atoms with Crippen LogP contribution in [-0.2, 0) is 33.2 Å². The fourth-order valence-electron chi connectivity index (χ4n) is 6.15. The Kier molecular flexibility index (Phi) is 45.2. The van der Waals surface area contributed by atoms with Crippen molar-refractivity contribution in [2.75, 3.05) is 39.6 Å². The zero-order valence-electron chi connectivity index (χ0n) is 37.5. The van der Waals surface area contributed by atoms with Gasteiger partial charge in [-0.05, 0) is 63.5 Å². The molecule has 0 bridgehead atoms. The third-order valence-corrected chi connectivity index (χ3v) is 9.76. The second-order valence-electron chi connectivity index (χ2n) is 15.3. The molecule has 0 aromatic rings. The van der Waals surface area contributed by atoms with E-state index < -0.39 is 12.6 Å². The van der Waals surface area contributed by atoms with Crippen LogP contribution in [0.5, 0.6) is 0 Å². The summed E-state index contributed by atoms with van der Waals surface area (Å²) in [5.41, 5.74) is 0. The molecule has 0 aromatic heterocycles. The summed E-state index contributed by atoms with van der Waals surface area (Å²) in [6.07, 6.45) is 38.9. The van der Waals surface area contributed by atoms with E-state index in [1.807, 2.05) is 0 Å². The Morgan fingerprint density at radius 2 is 0.564 bits per heavy atom. The lowest BCUT2D eigenvalue weighted by molar-refractivity contribution is -0.208. The van der Waals surface area contributed by atoms with E-state index in [-0.39, 0.29) is 12.6 Å². The first-order valence-electron chi connectivity index (χ1n) is 23.8. The van der Waals surface area contributed by atoms with Gasteiger partial charge in [-0.3, -0.25) is 0 Å². The predicted octanol–water partition coefficient (Wildman–Crippen LogP) is 14.6. The van der Waals surface area contributed by atoms with E-state index >= 15 is 0 Å². The minimum atomic E-state index is -0.485. The van der Waals surface area contributed by atoms with Gasteiger partial charge in [-0.1, -0.05) is 169 Å². The maximum atomic E-state index is 6.54. The van der Waals surface area contributed by atoms with Crippen LogP contribution in [0.4, 0.5) is 0 Å². The number of allylic oxidation sites excluding steroid dienone is 2. The van der Waals surface area contributed by atoms with Crippen LogP contribution in [0.1, 0.15) is 221 Å². The summed E-state index contributed by atoms with van der Waals surface area (Å²) in [6.45, 7) is 17.8. The number of ether oxygens (including phenoxy) is 7. The van der Waals surface area contributed by atoms with Gasteiger partial charge in [0.15, 0.2) is 25.2 Å². The Hall–Kier alpha value is -0.800. The van der Waals surface area contributed by atoms with Gasteiger partial charge >= 0.3 is 0 Å². The van der Waals surface area contributed by atoms with Gasteiger partial charge in [0.2, 0.25) is 0 Å². The molecule has 7 nitrogen and oxygen atoms in total. The van der Waals surface area contributed by atoms with Gasteiger partial charge in [0.05, 0.1) is 13.2 Å². The maximum Gasteiger partial charge on any atom is 0.180 e. The molecule has 2 unspecified atom stereocenters. The highest BCUT2D eigenvalue weighted by Gasteiger charge is 2.15. The Morgan fingerprint density at radius 3 is 0.818 bits per heavy atom. The number of rotatable bonds is 46. The molecule has 0 aliphatic carbocycles. The van der Waals surface area contributed by atoms with Gasteiger partial charge < -0.3 is 33.2 Å². The van der Waals surface area contributed by atoms with Crippen LogP contribution in [-0.4, -0.2) is 64.8 Å². The van der Waals surface area contributed by atoms with Crippen LogP contribution in [0.3, 0.4) is 0 Å². The molecule has 0 aliphatic rings. The van der Waals surface area contributed by atoms with Gasteiger partial charge in [-0.15, -0.1) is 0 Å². The monoisotopic (exact) mass is 783 g/mol.